The van der Waals surface area contributed by atoms with Crippen molar-refractivity contribution < 1.29 is 14.5 Å². The second-order valence-electron chi connectivity index (χ2n) is 4.50. The van der Waals surface area contributed by atoms with Crippen LogP contribution in [-0.4, -0.2) is 32.7 Å². The molecular formula is C13H13ClN4O4S. The van der Waals surface area contributed by atoms with E-state index in [0.717, 1.165) is 17.8 Å². The number of H-pyrrole nitrogens is 1. The first kappa shape index (κ1) is 17.2. The largest absolute Gasteiger partial charge is 0.462 e. The summed E-state index contributed by atoms with van der Waals surface area (Å²) in [7, 11) is 0. The summed E-state index contributed by atoms with van der Waals surface area (Å²) in [5.74, 6) is -0.0758. The number of esters is 1. The quantitative estimate of drug-likeness (QED) is 0.479. The molecule has 0 saturated heterocycles. The molecule has 0 aliphatic carbocycles. The lowest BCUT2D eigenvalue weighted by Gasteiger charge is -2.07. The summed E-state index contributed by atoms with van der Waals surface area (Å²) < 4.78 is 4.97. The van der Waals surface area contributed by atoms with Crippen LogP contribution < -0.4 is 0 Å². The molecule has 0 radical (unpaired) electrons. The molecule has 0 saturated carbocycles. The van der Waals surface area contributed by atoms with E-state index in [0.29, 0.717) is 17.4 Å². The average Bonchev–Trinajstić information content (AvgIpc) is 2.91. The summed E-state index contributed by atoms with van der Waals surface area (Å²) in [6.07, 6.45) is 0.652. The Labute approximate surface area is 140 Å². The minimum atomic E-state index is -0.651. The van der Waals surface area contributed by atoms with Gasteiger partial charge in [0.15, 0.2) is 0 Å². The SMILES string of the molecule is CCCOC(=O)c1cc(Cl)c(Sc2n[nH]c(C)n2)c([N+](=O)[O-])c1. The van der Waals surface area contributed by atoms with E-state index in [4.69, 9.17) is 16.3 Å². The normalized spacial score (nSPS) is 10.6. The van der Waals surface area contributed by atoms with E-state index < -0.39 is 10.9 Å². The third-order valence-electron chi connectivity index (χ3n) is 2.66. The first-order chi connectivity index (χ1) is 10.9. The van der Waals surface area contributed by atoms with E-state index in [1.807, 2.05) is 6.92 Å². The summed E-state index contributed by atoms with van der Waals surface area (Å²) >= 11 is 7.06. The number of carbonyl (C=O) groups excluding carboxylic acids is 1. The summed E-state index contributed by atoms with van der Waals surface area (Å²) in [6, 6.07) is 2.49. The number of nitro benzene ring substituents is 1. The van der Waals surface area contributed by atoms with Gasteiger partial charge in [-0.1, -0.05) is 18.5 Å². The number of nitro groups is 1. The maximum atomic E-state index is 11.9. The molecule has 10 heteroatoms. The highest BCUT2D eigenvalue weighted by molar-refractivity contribution is 7.99. The molecule has 23 heavy (non-hydrogen) atoms. The monoisotopic (exact) mass is 356 g/mol. The second kappa shape index (κ2) is 7.42. The standard InChI is InChI=1S/C13H13ClN4O4S/c1-3-4-22-12(19)8-5-9(14)11(10(6-8)18(20)21)23-13-15-7(2)16-17-13/h5-6H,3-4H2,1-2H3,(H,15,16,17). The topological polar surface area (TPSA) is 111 Å². The van der Waals surface area contributed by atoms with Gasteiger partial charge in [0.2, 0.25) is 5.16 Å². The zero-order valence-electron chi connectivity index (χ0n) is 12.3. The van der Waals surface area contributed by atoms with Gasteiger partial charge in [-0.05, 0) is 31.2 Å². The number of nitrogens with zero attached hydrogens (tertiary/aromatic N) is 3. The molecule has 1 aromatic heterocycles. The number of rotatable bonds is 6. The lowest BCUT2D eigenvalue weighted by atomic mass is 10.2. The van der Waals surface area contributed by atoms with Crippen molar-refractivity contribution in [2.45, 2.75) is 30.3 Å². The molecule has 0 aliphatic heterocycles. The molecule has 8 nitrogen and oxygen atoms in total. The first-order valence-corrected chi connectivity index (χ1v) is 7.83. The second-order valence-corrected chi connectivity index (χ2v) is 5.89. The molecule has 0 aliphatic rings. The number of hydrogen-bond donors (Lipinski definition) is 1. The summed E-state index contributed by atoms with van der Waals surface area (Å²) in [5, 5.41) is 18.2. The van der Waals surface area contributed by atoms with Crippen molar-refractivity contribution in [3.63, 3.8) is 0 Å². The smallest absolute Gasteiger partial charge is 0.338 e. The van der Waals surface area contributed by atoms with Gasteiger partial charge in [-0.3, -0.25) is 15.2 Å². The van der Waals surface area contributed by atoms with E-state index in [9.17, 15) is 14.9 Å². The Morgan fingerprint density at radius 3 is 2.83 bits per heavy atom. The molecule has 122 valence electrons. The molecule has 0 bridgehead atoms. The van der Waals surface area contributed by atoms with Crippen LogP contribution in [0.15, 0.2) is 22.2 Å². The maximum Gasteiger partial charge on any atom is 0.338 e. The Hall–Kier alpha value is -2.13. The first-order valence-electron chi connectivity index (χ1n) is 6.64. The molecule has 0 spiro atoms. The molecule has 1 aromatic carbocycles. The van der Waals surface area contributed by atoms with Gasteiger partial charge in [0.05, 0.1) is 22.1 Å². The molecule has 2 rings (SSSR count). The number of aromatic nitrogens is 3. The number of ether oxygens (including phenoxy) is 1. The van der Waals surface area contributed by atoms with Gasteiger partial charge in [0, 0.05) is 6.07 Å². The van der Waals surface area contributed by atoms with Gasteiger partial charge in [-0.15, -0.1) is 5.10 Å². The minimum absolute atomic E-state index is 0.0330. The van der Waals surface area contributed by atoms with Crippen molar-refractivity contribution in [2.75, 3.05) is 6.61 Å². The van der Waals surface area contributed by atoms with Crippen molar-refractivity contribution in [3.05, 3.63) is 38.7 Å². The molecule has 0 atom stereocenters. The highest BCUT2D eigenvalue weighted by atomic mass is 35.5. The van der Waals surface area contributed by atoms with Crippen LogP contribution >= 0.6 is 23.4 Å². The number of benzene rings is 1. The van der Waals surface area contributed by atoms with Gasteiger partial charge in [-0.25, -0.2) is 9.78 Å². The van der Waals surface area contributed by atoms with E-state index in [-0.39, 0.29) is 27.8 Å². The molecule has 0 amide bonds. The van der Waals surface area contributed by atoms with E-state index >= 15 is 0 Å². The molecular weight excluding hydrogens is 344 g/mol. The Morgan fingerprint density at radius 1 is 1.52 bits per heavy atom. The number of halogens is 1. The van der Waals surface area contributed by atoms with Crippen molar-refractivity contribution in [2.24, 2.45) is 0 Å². The fourth-order valence-corrected chi connectivity index (χ4v) is 2.85. The van der Waals surface area contributed by atoms with Crippen LogP contribution in [0, 0.1) is 17.0 Å². The van der Waals surface area contributed by atoms with E-state index in [1.54, 1.807) is 6.92 Å². The fourth-order valence-electron chi connectivity index (χ4n) is 1.67. The van der Waals surface area contributed by atoms with Gasteiger partial charge < -0.3 is 4.74 Å². The van der Waals surface area contributed by atoms with Crippen LogP contribution in [0.5, 0.6) is 0 Å². The van der Waals surface area contributed by atoms with Crippen LogP contribution in [-0.2, 0) is 4.74 Å². The van der Waals surface area contributed by atoms with Crippen LogP contribution in [0.1, 0.15) is 29.5 Å². The summed E-state index contributed by atoms with van der Waals surface area (Å²) in [5.41, 5.74) is -0.265. The Bertz CT molecular complexity index is 750. The number of aryl methyl sites for hydroxylation is 1. The highest BCUT2D eigenvalue weighted by Crippen LogP contribution is 2.39. The van der Waals surface area contributed by atoms with Crippen LogP contribution in [0.2, 0.25) is 5.02 Å². The molecule has 0 fully saturated rings. The lowest BCUT2D eigenvalue weighted by Crippen LogP contribution is -2.07. The maximum absolute atomic E-state index is 11.9. The van der Waals surface area contributed by atoms with Crippen LogP contribution in [0.4, 0.5) is 5.69 Å². The minimum Gasteiger partial charge on any atom is -0.462 e. The van der Waals surface area contributed by atoms with Gasteiger partial charge in [0.25, 0.3) is 5.69 Å². The highest BCUT2D eigenvalue weighted by Gasteiger charge is 2.24. The predicted molar refractivity (Wildman–Crippen MR) is 83.9 cm³/mol. The zero-order valence-corrected chi connectivity index (χ0v) is 13.9. The number of carbonyl (C=O) groups is 1. The van der Waals surface area contributed by atoms with Crippen molar-refractivity contribution >= 4 is 35.0 Å². The van der Waals surface area contributed by atoms with Crippen molar-refractivity contribution in [1.82, 2.24) is 15.2 Å². The zero-order chi connectivity index (χ0) is 17.0. The Balaban J connectivity index is 2.38. The molecule has 1 heterocycles. The van der Waals surface area contributed by atoms with Gasteiger partial charge >= 0.3 is 5.97 Å². The third kappa shape index (κ3) is 4.20. The molecule has 2 aromatic rings. The number of nitrogens with one attached hydrogen (secondary N) is 1. The van der Waals surface area contributed by atoms with Crippen LogP contribution in [0.3, 0.4) is 0 Å². The number of aromatic amines is 1. The van der Waals surface area contributed by atoms with E-state index in [1.165, 1.54) is 6.07 Å². The lowest BCUT2D eigenvalue weighted by molar-refractivity contribution is -0.387. The van der Waals surface area contributed by atoms with Gasteiger partial charge in [0.1, 0.15) is 10.7 Å². The third-order valence-corrected chi connectivity index (χ3v) is 4.07. The van der Waals surface area contributed by atoms with Crippen LogP contribution in [0.25, 0.3) is 0 Å². The van der Waals surface area contributed by atoms with Crippen molar-refractivity contribution in [3.8, 4) is 0 Å². The molecule has 0 unspecified atom stereocenters. The average molecular weight is 357 g/mol. The fraction of sp³-hybridized carbons (Fsp3) is 0.308. The van der Waals surface area contributed by atoms with E-state index in [2.05, 4.69) is 15.2 Å². The predicted octanol–water partition coefficient (Wildman–Crippen LogP) is 3.39. The van der Waals surface area contributed by atoms with Crippen molar-refractivity contribution in [1.29, 1.82) is 0 Å². The Kier molecular flexibility index (Phi) is 5.56. The number of hydrogen-bond acceptors (Lipinski definition) is 7. The summed E-state index contributed by atoms with van der Waals surface area (Å²) in [4.78, 5) is 26.8. The van der Waals surface area contributed by atoms with Gasteiger partial charge in [-0.2, -0.15) is 0 Å². The molecule has 1 N–H and O–H groups in total. The summed E-state index contributed by atoms with van der Waals surface area (Å²) in [6.45, 7) is 3.79. The Morgan fingerprint density at radius 2 is 2.26 bits per heavy atom.